The molecule has 0 aromatic rings. The van der Waals surface area contributed by atoms with Crippen LogP contribution in [0.1, 0.15) is 53.9 Å². The molecule has 1 aliphatic heterocycles. The smallest absolute Gasteiger partial charge is 0.408 e. The summed E-state index contributed by atoms with van der Waals surface area (Å²) in [6.45, 7) is 13.0. The molecular weight excluding hydrogens is 258 g/mol. The van der Waals surface area contributed by atoms with E-state index in [-0.39, 0.29) is 6.10 Å². The van der Waals surface area contributed by atoms with Crippen LogP contribution in [0.2, 0.25) is 0 Å². The molecule has 0 bridgehead atoms. The van der Waals surface area contributed by atoms with Crippen molar-refractivity contribution in [2.24, 2.45) is 0 Å². The van der Waals surface area contributed by atoms with E-state index in [1.807, 2.05) is 13.8 Å². The SMILES string of the molecule is C=C(C)CC1(NC(=O)OC(C)(C)C)C(=O)OC1CCC. The molecule has 20 heavy (non-hydrogen) atoms. The van der Waals surface area contributed by atoms with E-state index in [0.29, 0.717) is 12.8 Å². The van der Waals surface area contributed by atoms with E-state index in [9.17, 15) is 9.59 Å². The number of amides is 1. The highest BCUT2D eigenvalue weighted by Gasteiger charge is 2.58. The van der Waals surface area contributed by atoms with Crippen molar-refractivity contribution in [3.63, 3.8) is 0 Å². The number of hydrogen-bond acceptors (Lipinski definition) is 4. The Bertz CT molecular complexity index is 411. The van der Waals surface area contributed by atoms with Crippen molar-refractivity contribution in [2.45, 2.75) is 71.1 Å². The van der Waals surface area contributed by atoms with Crippen LogP contribution in [-0.4, -0.2) is 29.3 Å². The first kappa shape index (κ1) is 16.5. The Hall–Kier alpha value is -1.52. The largest absolute Gasteiger partial charge is 0.457 e. The number of ether oxygens (including phenoxy) is 2. The zero-order chi connectivity index (χ0) is 15.6. The second kappa shape index (κ2) is 5.85. The van der Waals surface area contributed by atoms with E-state index >= 15 is 0 Å². The van der Waals surface area contributed by atoms with E-state index in [0.717, 1.165) is 12.0 Å². The van der Waals surface area contributed by atoms with Crippen LogP contribution < -0.4 is 5.32 Å². The number of carbonyl (C=O) groups excluding carboxylic acids is 2. The number of alkyl carbamates (subject to hydrolysis) is 1. The minimum atomic E-state index is -1.02. The third-order valence-corrected chi connectivity index (χ3v) is 3.02. The van der Waals surface area contributed by atoms with Gasteiger partial charge >= 0.3 is 12.1 Å². The zero-order valence-corrected chi connectivity index (χ0v) is 13.0. The van der Waals surface area contributed by atoms with Crippen LogP contribution in [0, 0.1) is 0 Å². The molecule has 1 heterocycles. The van der Waals surface area contributed by atoms with Crippen molar-refractivity contribution in [3.8, 4) is 0 Å². The van der Waals surface area contributed by atoms with E-state index in [2.05, 4.69) is 11.9 Å². The van der Waals surface area contributed by atoms with Gasteiger partial charge in [0.15, 0.2) is 5.54 Å². The van der Waals surface area contributed by atoms with Crippen LogP contribution in [0.25, 0.3) is 0 Å². The van der Waals surface area contributed by atoms with Gasteiger partial charge in [0.05, 0.1) is 0 Å². The Morgan fingerprint density at radius 1 is 1.50 bits per heavy atom. The lowest BCUT2D eigenvalue weighted by atomic mass is 9.79. The molecule has 0 spiro atoms. The lowest BCUT2D eigenvalue weighted by Crippen LogP contribution is -2.72. The van der Waals surface area contributed by atoms with Crippen molar-refractivity contribution >= 4 is 12.1 Å². The highest BCUT2D eigenvalue weighted by molar-refractivity contribution is 5.91. The highest BCUT2D eigenvalue weighted by Crippen LogP contribution is 2.36. The average Bonchev–Trinajstić information content (AvgIpc) is 2.24. The number of hydrogen-bond donors (Lipinski definition) is 1. The van der Waals surface area contributed by atoms with Gasteiger partial charge in [-0.3, -0.25) is 0 Å². The minimum Gasteiger partial charge on any atom is -0.457 e. The molecule has 114 valence electrons. The lowest BCUT2D eigenvalue weighted by Gasteiger charge is -2.47. The Kier molecular flexibility index (Phi) is 4.84. The minimum absolute atomic E-state index is 0.316. The standard InChI is InChI=1S/C15H25NO4/c1-7-8-11-15(9-10(2)3,12(17)19-11)16-13(18)20-14(4,5)6/h11H,2,7-9H2,1,3-6H3,(H,16,18). The molecule has 2 unspecified atom stereocenters. The fourth-order valence-corrected chi connectivity index (χ4v) is 2.30. The van der Waals surface area contributed by atoms with Gasteiger partial charge in [0.25, 0.3) is 0 Å². The molecule has 1 amide bonds. The van der Waals surface area contributed by atoms with Crippen molar-refractivity contribution < 1.29 is 19.1 Å². The van der Waals surface area contributed by atoms with Crippen molar-refractivity contribution in [3.05, 3.63) is 12.2 Å². The molecule has 5 nitrogen and oxygen atoms in total. The number of nitrogens with one attached hydrogen (secondary N) is 1. The molecule has 1 rings (SSSR count). The molecule has 0 aromatic carbocycles. The molecule has 1 fully saturated rings. The molecule has 5 heteroatoms. The maximum absolute atomic E-state index is 12.0. The summed E-state index contributed by atoms with van der Waals surface area (Å²) in [5.74, 6) is -0.412. The number of rotatable bonds is 5. The van der Waals surface area contributed by atoms with Crippen molar-refractivity contribution in [1.82, 2.24) is 5.32 Å². The van der Waals surface area contributed by atoms with E-state index in [4.69, 9.17) is 9.47 Å². The second-order valence-corrected chi connectivity index (χ2v) is 6.41. The first-order chi connectivity index (χ1) is 9.10. The predicted molar refractivity (Wildman–Crippen MR) is 76.3 cm³/mol. The molecule has 2 atom stereocenters. The van der Waals surface area contributed by atoms with Crippen LogP contribution in [0.4, 0.5) is 4.79 Å². The summed E-state index contributed by atoms with van der Waals surface area (Å²) in [6, 6.07) is 0. The first-order valence-electron chi connectivity index (χ1n) is 6.97. The quantitative estimate of drug-likeness (QED) is 0.622. The van der Waals surface area contributed by atoms with Gasteiger partial charge in [0.2, 0.25) is 0 Å². The van der Waals surface area contributed by atoms with E-state index in [1.54, 1.807) is 20.8 Å². The number of esters is 1. The van der Waals surface area contributed by atoms with Gasteiger partial charge in [-0.2, -0.15) is 0 Å². The number of carbonyl (C=O) groups is 2. The Labute approximate surface area is 120 Å². The summed E-state index contributed by atoms with van der Waals surface area (Å²) in [4.78, 5) is 23.9. The Morgan fingerprint density at radius 3 is 2.50 bits per heavy atom. The molecule has 1 N–H and O–H groups in total. The van der Waals surface area contributed by atoms with Crippen LogP contribution in [-0.2, 0) is 14.3 Å². The Balaban J connectivity index is 2.86. The summed E-state index contributed by atoms with van der Waals surface area (Å²) < 4.78 is 10.4. The second-order valence-electron chi connectivity index (χ2n) is 6.41. The Morgan fingerprint density at radius 2 is 2.10 bits per heavy atom. The molecular formula is C15H25NO4. The number of cyclic esters (lactones) is 1. The predicted octanol–water partition coefficient (Wildman–Crippen LogP) is 2.94. The van der Waals surface area contributed by atoms with Crippen molar-refractivity contribution in [2.75, 3.05) is 0 Å². The van der Waals surface area contributed by atoms with Gasteiger partial charge in [-0.15, -0.1) is 6.58 Å². The lowest BCUT2D eigenvalue weighted by molar-refractivity contribution is -0.194. The average molecular weight is 283 g/mol. The molecule has 1 saturated heterocycles. The van der Waals surface area contributed by atoms with Crippen LogP contribution in [0.15, 0.2) is 12.2 Å². The van der Waals surface area contributed by atoms with E-state index < -0.39 is 23.2 Å². The zero-order valence-electron chi connectivity index (χ0n) is 13.0. The van der Waals surface area contributed by atoms with Gasteiger partial charge in [0.1, 0.15) is 11.7 Å². The first-order valence-corrected chi connectivity index (χ1v) is 6.97. The third-order valence-electron chi connectivity index (χ3n) is 3.02. The van der Waals surface area contributed by atoms with Gasteiger partial charge < -0.3 is 14.8 Å². The maximum Gasteiger partial charge on any atom is 0.408 e. The highest BCUT2D eigenvalue weighted by atomic mass is 16.6. The summed E-state index contributed by atoms with van der Waals surface area (Å²) in [6.07, 6.45) is 1.02. The summed E-state index contributed by atoms with van der Waals surface area (Å²) in [5, 5.41) is 2.71. The molecule has 0 aliphatic carbocycles. The maximum atomic E-state index is 12.0. The topological polar surface area (TPSA) is 64.6 Å². The molecule has 1 aliphatic rings. The van der Waals surface area contributed by atoms with Crippen LogP contribution >= 0.6 is 0 Å². The van der Waals surface area contributed by atoms with Crippen LogP contribution in [0.3, 0.4) is 0 Å². The molecule has 0 aromatic heterocycles. The summed E-state index contributed by atoms with van der Waals surface area (Å²) >= 11 is 0. The molecule has 0 radical (unpaired) electrons. The fourth-order valence-electron chi connectivity index (χ4n) is 2.30. The van der Waals surface area contributed by atoms with Gasteiger partial charge in [-0.1, -0.05) is 18.9 Å². The monoisotopic (exact) mass is 283 g/mol. The summed E-state index contributed by atoms with van der Waals surface area (Å²) in [5.41, 5.74) is -0.814. The normalized spacial score (nSPS) is 25.4. The van der Waals surface area contributed by atoms with Crippen LogP contribution in [0.5, 0.6) is 0 Å². The van der Waals surface area contributed by atoms with E-state index in [1.165, 1.54) is 0 Å². The van der Waals surface area contributed by atoms with Gasteiger partial charge in [-0.25, -0.2) is 9.59 Å². The van der Waals surface area contributed by atoms with Gasteiger partial charge in [0, 0.05) is 6.42 Å². The third kappa shape index (κ3) is 3.74. The summed E-state index contributed by atoms with van der Waals surface area (Å²) in [7, 11) is 0. The fraction of sp³-hybridized carbons (Fsp3) is 0.733. The van der Waals surface area contributed by atoms with Gasteiger partial charge in [-0.05, 0) is 34.1 Å². The van der Waals surface area contributed by atoms with Crippen molar-refractivity contribution in [1.29, 1.82) is 0 Å². The molecule has 0 saturated carbocycles.